The molecule has 1 N–H and O–H groups in total. The molecule has 102 valence electrons. The zero-order chi connectivity index (χ0) is 13.2. The van der Waals surface area contributed by atoms with E-state index in [4.69, 9.17) is 4.42 Å². The van der Waals surface area contributed by atoms with Crippen LogP contribution in [-0.2, 0) is 0 Å². The van der Waals surface area contributed by atoms with Crippen LogP contribution in [0.2, 0.25) is 0 Å². The van der Waals surface area contributed by atoms with Gasteiger partial charge in [0.15, 0.2) is 11.4 Å². The van der Waals surface area contributed by atoms with Gasteiger partial charge in [0.2, 0.25) is 0 Å². The van der Waals surface area contributed by atoms with Crippen molar-refractivity contribution in [3.8, 4) is 0 Å². The van der Waals surface area contributed by atoms with Crippen LogP contribution >= 0.6 is 0 Å². The molecular formula is C16H20FNO. The zero-order valence-corrected chi connectivity index (χ0v) is 11.3. The van der Waals surface area contributed by atoms with Gasteiger partial charge in [0, 0.05) is 5.39 Å². The summed E-state index contributed by atoms with van der Waals surface area (Å²) in [5.41, 5.74) is 0.383. The molecule has 1 saturated carbocycles. The van der Waals surface area contributed by atoms with Gasteiger partial charge in [-0.1, -0.05) is 38.3 Å². The summed E-state index contributed by atoms with van der Waals surface area (Å²) in [6.45, 7) is 2.99. The van der Waals surface area contributed by atoms with E-state index in [1.165, 1.54) is 25.3 Å². The van der Waals surface area contributed by atoms with Crippen molar-refractivity contribution in [1.82, 2.24) is 5.32 Å². The van der Waals surface area contributed by atoms with Crippen molar-refractivity contribution in [2.75, 3.05) is 6.54 Å². The minimum atomic E-state index is -0.275. The van der Waals surface area contributed by atoms with Crippen molar-refractivity contribution in [3.63, 3.8) is 0 Å². The fraction of sp³-hybridized carbons (Fsp3) is 0.500. The maximum Gasteiger partial charge on any atom is 0.169 e. The van der Waals surface area contributed by atoms with E-state index in [-0.39, 0.29) is 11.9 Å². The average Bonchev–Trinajstić information content (AvgIpc) is 2.77. The molecule has 1 fully saturated rings. The molecule has 1 aromatic heterocycles. The van der Waals surface area contributed by atoms with Crippen molar-refractivity contribution < 1.29 is 8.81 Å². The Balaban J connectivity index is 1.87. The van der Waals surface area contributed by atoms with Crippen LogP contribution in [-0.4, -0.2) is 6.54 Å². The average molecular weight is 261 g/mol. The van der Waals surface area contributed by atoms with E-state index < -0.39 is 0 Å². The Morgan fingerprint density at radius 1 is 1.42 bits per heavy atom. The quantitative estimate of drug-likeness (QED) is 0.862. The summed E-state index contributed by atoms with van der Waals surface area (Å²) in [7, 11) is 0. The Labute approximate surface area is 113 Å². The predicted molar refractivity (Wildman–Crippen MR) is 74.5 cm³/mol. The topological polar surface area (TPSA) is 25.2 Å². The molecule has 2 aromatic rings. The summed E-state index contributed by atoms with van der Waals surface area (Å²) in [6, 6.07) is 7.26. The molecule has 1 atom stereocenters. The molecule has 0 bridgehead atoms. The summed E-state index contributed by atoms with van der Waals surface area (Å²) in [4.78, 5) is 0. The van der Waals surface area contributed by atoms with Gasteiger partial charge in [-0.2, -0.15) is 0 Å². The number of fused-ring (bicyclic) bond motifs is 1. The number of hydrogen-bond donors (Lipinski definition) is 1. The lowest BCUT2D eigenvalue weighted by Crippen LogP contribution is -2.25. The van der Waals surface area contributed by atoms with E-state index in [0.29, 0.717) is 5.58 Å². The molecule has 0 aliphatic heterocycles. The smallest absolute Gasteiger partial charge is 0.169 e. The Bertz CT molecular complexity index is 559. The second kappa shape index (κ2) is 5.33. The van der Waals surface area contributed by atoms with E-state index in [2.05, 4.69) is 12.2 Å². The van der Waals surface area contributed by atoms with Crippen LogP contribution in [0.25, 0.3) is 11.0 Å². The third kappa shape index (κ3) is 2.52. The maximum atomic E-state index is 13.7. The Morgan fingerprint density at radius 3 is 2.89 bits per heavy atom. The van der Waals surface area contributed by atoms with Crippen LogP contribution < -0.4 is 5.32 Å². The van der Waals surface area contributed by atoms with Crippen LogP contribution in [0.3, 0.4) is 0 Å². The van der Waals surface area contributed by atoms with Crippen LogP contribution in [0.4, 0.5) is 4.39 Å². The SMILES string of the molecule is CCNC(CC1CCC1)c1cc2cccc(F)c2o1. The molecule has 0 saturated heterocycles. The number of benzene rings is 1. The largest absolute Gasteiger partial charge is 0.456 e. The lowest BCUT2D eigenvalue weighted by Gasteiger charge is -2.29. The molecular weight excluding hydrogens is 241 g/mol. The van der Waals surface area contributed by atoms with Crippen molar-refractivity contribution in [2.24, 2.45) is 5.92 Å². The minimum absolute atomic E-state index is 0.210. The maximum absolute atomic E-state index is 13.7. The molecule has 2 nitrogen and oxygen atoms in total. The van der Waals surface area contributed by atoms with Crippen molar-refractivity contribution in [2.45, 2.75) is 38.6 Å². The van der Waals surface area contributed by atoms with Crippen LogP contribution in [0.15, 0.2) is 28.7 Å². The second-order valence-corrected chi connectivity index (χ2v) is 5.45. The third-order valence-electron chi connectivity index (χ3n) is 4.10. The summed E-state index contributed by atoms with van der Waals surface area (Å²) < 4.78 is 19.4. The van der Waals surface area contributed by atoms with E-state index in [1.54, 1.807) is 6.07 Å². The number of para-hydroxylation sites is 1. The molecule has 3 heteroatoms. The monoisotopic (exact) mass is 261 g/mol. The Morgan fingerprint density at radius 2 is 2.26 bits per heavy atom. The van der Waals surface area contributed by atoms with Gasteiger partial charge < -0.3 is 9.73 Å². The van der Waals surface area contributed by atoms with Crippen LogP contribution in [0.1, 0.15) is 44.4 Å². The normalized spacial score (nSPS) is 17.6. The summed E-state index contributed by atoms with van der Waals surface area (Å²) in [5, 5.41) is 4.32. The molecule has 3 rings (SSSR count). The van der Waals surface area contributed by atoms with Gasteiger partial charge in [-0.05, 0) is 31.0 Å². The first-order valence-corrected chi connectivity index (χ1v) is 7.19. The first kappa shape index (κ1) is 12.7. The van der Waals surface area contributed by atoms with Crippen LogP contribution in [0.5, 0.6) is 0 Å². The first-order chi connectivity index (χ1) is 9.28. The van der Waals surface area contributed by atoms with Gasteiger partial charge in [-0.25, -0.2) is 4.39 Å². The first-order valence-electron chi connectivity index (χ1n) is 7.19. The predicted octanol–water partition coefficient (Wildman–Crippen LogP) is 4.41. The van der Waals surface area contributed by atoms with E-state index in [0.717, 1.165) is 30.0 Å². The molecule has 19 heavy (non-hydrogen) atoms. The van der Waals surface area contributed by atoms with Gasteiger partial charge in [-0.15, -0.1) is 0 Å². The van der Waals surface area contributed by atoms with Gasteiger partial charge in [0.1, 0.15) is 5.76 Å². The molecule has 0 amide bonds. The fourth-order valence-corrected chi connectivity index (χ4v) is 2.83. The molecule has 1 aliphatic carbocycles. The van der Waals surface area contributed by atoms with Crippen molar-refractivity contribution in [1.29, 1.82) is 0 Å². The molecule has 0 radical (unpaired) electrons. The van der Waals surface area contributed by atoms with Gasteiger partial charge in [0.25, 0.3) is 0 Å². The van der Waals surface area contributed by atoms with E-state index in [9.17, 15) is 4.39 Å². The van der Waals surface area contributed by atoms with Gasteiger partial charge in [0.05, 0.1) is 6.04 Å². The van der Waals surface area contributed by atoms with Crippen molar-refractivity contribution >= 4 is 11.0 Å². The van der Waals surface area contributed by atoms with Gasteiger partial charge >= 0.3 is 0 Å². The number of hydrogen-bond acceptors (Lipinski definition) is 2. The Kier molecular flexibility index (Phi) is 3.56. The molecule has 1 aromatic carbocycles. The summed E-state index contributed by atoms with van der Waals surface area (Å²) in [5.74, 6) is 1.39. The highest BCUT2D eigenvalue weighted by molar-refractivity contribution is 5.78. The molecule has 1 aliphatic rings. The van der Waals surface area contributed by atoms with E-state index in [1.807, 2.05) is 12.1 Å². The highest BCUT2D eigenvalue weighted by Gasteiger charge is 2.25. The molecule has 0 spiro atoms. The standard InChI is InChI=1S/C16H20FNO/c1-2-18-14(9-11-5-3-6-11)15-10-12-7-4-8-13(17)16(12)19-15/h4,7-8,10-11,14,18H,2-3,5-6,9H2,1H3. The summed E-state index contributed by atoms with van der Waals surface area (Å²) >= 11 is 0. The number of rotatable bonds is 5. The van der Waals surface area contributed by atoms with Gasteiger partial charge in [-0.3, -0.25) is 0 Å². The van der Waals surface area contributed by atoms with Crippen LogP contribution in [0, 0.1) is 11.7 Å². The van der Waals surface area contributed by atoms with Crippen molar-refractivity contribution in [3.05, 3.63) is 35.8 Å². The number of furan rings is 1. The third-order valence-corrected chi connectivity index (χ3v) is 4.10. The lowest BCUT2D eigenvalue weighted by atomic mass is 9.80. The number of halogens is 1. The highest BCUT2D eigenvalue weighted by atomic mass is 19.1. The zero-order valence-electron chi connectivity index (χ0n) is 11.3. The molecule has 1 heterocycles. The fourth-order valence-electron chi connectivity index (χ4n) is 2.83. The molecule has 1 unspecified atom stereocenters. The lowest BCUT2D eigenvalue weighted by molar-refractivity contribution is 0.249. The minimum Gasteiger partial charge on any atom is -0.456 e. The second-order valence-electron chi connectivity index (χ2n) is 5.45. The van der Waals surface area contributed by atoms with E-state index >= 15 is 0 Å². The summed E-state index contributed by atoms with van der Waals surface area (Å²) in [6.07, 6.45) is 5.07. The Hall–Kier alpha value is -1.35. The highest BCUT2D eigenvalue weighted by Crippen LogP contribution is 2.36. The number of nitrogens with one attached hydrogen (secondary N) is 1.